The van der Waals surface area contributed by atoms with Crippen molar-refractivity contribution >= 4 is 5.70 Å². The highest BCUT2D eigenvalue weighted by Gasteiger charge is 2.60. The Bertz CT molecular complexity index is 712. The highest BCUT2D eigenvalue weighted by molar-refractivity contribution is 5.48. The maximum Gasteiger partial charge on any atom is 0.189 e. The van der Waals surface area contributed by atoms with Crippen LogP contribution in [0.25, 0.3) is 5.70 Å². The number of aliphatic hydroxyl groups excluding tert-OH is 1. The van der Waals surface area contributed by atoms with Crippen molar-refractivity contribution in [1.82, 2.24) is 0 Å². The summed E-state index contributed by atoms with van der Waals surface area (Å²) in [6.07, 6.45) is 17.0. The summed E-state index contributed by atoms with van der Waals surface area (Å²) in [5, 5.41) is 10.2. The monoisotopic (exact) mass is 352 g/mol. The average molecular weight is 353 g/mol. The molecule has 5 rings (SSSR count). The van der Waals surface area contributed by atoms with Gasteiger partial charge in [-0.1, -0.05) is 13.0 Å². The Morgan fingerprint density at radius 2 is 1.77 bits per heavy atom. The maximum atomic E-state index is 10.2. The van der Waals surface area contributed by atoms with Gasteiger partial charge in [0.1, 0.15) is 0 Å². The third kappa shape index (κ3) is 2.30. The molecule has 1 aromatic heterocycles. The molecule has 26 heavy (non-hydrogen) atoms. The first-order valence-corrected chi connectivity index (χ1v) is 10.9. The second-order valence-electron chi connectivity index (χ2n) is 10.1. The Morgan fingerprint density at radius 3 is 2.58 bits per heavy atom. The largest absolute Gasteiger partial charge is 0.393 e. The summed E-state index contributed by atoms with van der Waals surface area (Å²) < 4.78 is 2.38. The zero-order valence-electron chi connectivity index (χ0n) is 16.4. The van der Waals surface area contributed by atoms with E-state index >= 15 is 0 Å². The number of aromatic nitrogens is 1. The highest BCUT2D eigenvalue weighted by Crippen LogP contribution is 2.66. The Morgan fingerprint density at radius 1 is 0.962 bits per heavy atom. The fourth-order valence-electron chi connectivity index (χ4n) is 7.74. The molecule has 0 spiro atoms. The topological polar surface area (TPSA) is 24.1 Å². The minimum absolute atomic E-state index is 0.0345. The van der Waals surface area contributed by atoms with Crippen LogP contribution in [0, 0.1) is 34.5 Å². The molecule has 0 aromatic carbocycles. The molecule has 0 bridgehead atoms. The van der Waals surface area contributed by atoms with E-state index in [0.717, 1.165) is 36.5 Å². The molecule has 0 unspecified atom stereocenters. The molecule has 0 radical (unpaired) electrons. The molecule has 4 aliphatic carbocycles. The second kappa shape index (κ2) is 5.92. The van der Waals surface area contributed by atoms with E-state index in [4.69, 9.17) is 0 Å². The molecule has 1 aromatic rings. The summed E-state index contributed by atoms with van der Waals surface area (Å²) in [6, 6.07) is 6.42. The van der Waals surface area contributed by atoms with E-state index in [0.29, 0.717) is 10.8 Å². The van der Waals surface area contributed by atoms with E-state index in [1.54, 1.807) is 5.70 Å². The van der Waals surface area contributed by atoms with Gasteiger partial charge in [-0.3, -0.25) is 0 Å². The fraction of sp³-hybridized carbons (Fsp3) is 0.708. The average Bonchev–Trinajstić information content (AvgIpc) is 3.00. The Labute approximate surface area is 158 Å². The number of nitrogens with zero attached hydrogens (tertiary/aromatic N) is 1. The van der Waals surface area contributed by atoms with Crippen molar-refractivity contribution in [3.05, 3.63) is 36.7 Å². The van der Waals surface area contributed by atoms with E-state index in [-0.39, 0.29) is 6.10 Å². The molecule has 0 aliphatic heterocycles. The summed E-state index contributed by atoms with van der Waals surface area (Å²) in [6.45, 7) is 5.13. The number of fused-ring (bicyclic) bond motifs is 5. The summed E-state index contributed by atoms with van der Waals surface area (Å²) in [7, 11) is 0. The first-order chi connectivity index (χ1) is 12.5. The maximum absolute atomic E-state index is 10.2. The molecular weight excluding hydrogens is 318 g/mol. The van der Waals surface area contributed by atoms with E-state index in [9.17, 15) is 5.11 Å². The van der Waals surface area contributed by atoms with Crippen LogP contribution in [0.5, 0.6) is 0 Å². The van der Waals surface area contributed by atoms with Crippen molar-refractivity contribution in [3.8, 4) is 0 Å². The lowest BCUT2D eigenvalue weighted by molar-refractivity contribution is -0.590. The van der Waals surface area contributed by atoms with Gasteiger partial charge in [0.15, 0.2) is 18.1 Å². The van der Waals surface area contributed by atoms with Gasteiger partial charge in [0.05, 0.1) is 11.5 Å². The van der Waals surface area contributed by atoms with Crippen molar-refractivity contribution in [2.45, 2.75) is 71.3 Å². The quantitative estimate of drug-likeness (QED) is 0.719. The van der Waals surface area contributed by atoms with Crippen LogP contribution >= 0.6 is 0 Å². The highest BCUT2D eigenvalue weighted by atomic mass is 16.3. The number of hydrogen-bond acceptors (Lipinski definition) is 1. The number of allylic oxidation sites excluding steroid dienone is 2. The minimum atomic E-state index is -0.0345. The molecular formula is C24H34NO+. The fourth-order valence-corrected chi connectivity index (χ4v) is 7.74. The van der Waals surface area contributed by atoms with E-state index in [2.05, 4.69) is 55.1 Å². The standard InChI is InChI=1S/C24H34NO/c1-23-12-10-18(26)16-17(23)6-7-19-20-8-9-22(25-14-4-3-5-15-25)24(20,2)13-11-21(19)23/h3-5,9,14-15,17-21,26H,6-8,10-13,16H2,1-2H3/q+1/t17-,18-,19-,20-,21-,23-,24-/m0/s1. The van der Waals surface area contributed by atoms with Crippen molar-refractivity contribution in [2.24, 2.45) is 34.5 Å². The molecule has 0 amide bonds. The Hall–Kier alpha value is -1.15. The van der Waals surface area contributed by atoms with Crippen LogP contribution < -0.4 is 4.57 Å². The molecule has 140 valence electrons. The number of rotatable bonds is 1. The second-order valence-corrected chi connectivity index (χ2v) is 10.1. The van der Waals surface area contributed by atoms with Crippen LogP contribution in [0.2, 0.25) is 0 Å². The number of hydrogen-bond donors (Lipinski definition) is 1. The number of pyridine rings is 1. The van der Waals surface area contributed by atoms with Crippen molar-refractivity contribution in [2.75, 3.05) is 0 Å². The predicted octanol–water partition coefficient (Wildman–Crippen LogP) is 4.83. The van der Waals surface area contributed by atoms with E-state index < -0.39 is 0 Å². The van der Waals surface area contributed by atoms with Crippen LogP contribution in [0.4, 0.5) is 0 Å². The molecule has 0 saturated heterocycles. The first kappa shape index (κ1) is 17.0. The van der Waals surface area contributed by atoms with Gasteiger partial charge in [-0.15, -0.1) is 0 Å². The molecule has 1 N–H and O–H groups in total. The van der Waals surface area contributed by atoms with Gasteiger partial charge in [-0.05, 0) is 93.5 Å². The summed E-state index contributed by atoms with van der Waals surface area (Å²) >= 11 is 0. The third-order valence-electron chi connectivity index (χ3n) is 9.17. The van der Waals surface area contributed by atoms with Gasteiger partial charge >= 0.3 is 0 Å². The lowest BCUT2D eigenvalue weighted by atomic mass is 9.45. The van der Waals surface area contributed by atoms with Gasteiger partial charge in [-0.25, -0.2) is 0 Å². The van der Waals surface area contributed by atoms with Crippen molar-refractivity contribution < 1.29 is 9.67 Å². The van der Waals surface area contributed by atoms with Crippen LogP contribution in [0.3, 0.4) is 0 Å². The molecule has 3 saturated carbocycles. The van der Waals surface area contributed by atoms with Crippen LogP contribution in [-0.4, -0.2) is 11.2 Å². The van der Waals surface area contributed by atoms with E-state index in [1.165, 1.54) is 38.5 Å². The van der Waals surface area contributed by atoms with Crippen LogP contribution in [0.15, 0.2) is 36.7 Å². The molecule has 1 heterocycles. The summed E-state index contributed by atoms with van der Waals surface area (Å²) in [5.41, 5.74) is 2.37. The van der Waals surface area contributed by atoms with Gasteiger partial charge in [0, 0.05) is 12.1 Å². The smallest absolute Gasteiger partial charge is 0.189 e. The molecule has 2 nitrogen and oxygen atoms in total. The van der Waals surface area contributed by atoms with E-state index in [1.807, 2.05) is 0 Å². The van der Waals surface area contributed by atoms with Crippen LogP contribution in [0.1, 0.15) is 65.2 Å². The van der Waals surface area contributed by atoms with Crippen LogP contribution in [-0.2, 0) is 0 Å². The van der Waals surface area contributed by atoms with Crippen molar-refractivity contribution in [1.29, 1.82) is 0 Å². The minimum Gasteiger partial charge on any atom is -0.393 e. The van der Waals surface area contributed by atoms with Gasteiger partial charge < -0.3 is 5.11 Å². The molecule has 4 aliphatic rings. The van der Waals surface area contributed by atoms with Gasteiger partial charge in [-0.2, -0.15) is 4.57 Å². The van der Waals surface area contributed by atoms with Gasteiger partial charge in [0.25, 0.3) is 0 Å². The zero-order chi connectivity index (χ0) is 17.9. The van der Waals surface area contributed by atoms with Crippen molar-refractivity contribution in [3.63, 3.8) is 0 Å². The first-order valence-electron chi connectivity index (χ1n) is 10.9. The SMILES string of the molecule is C[C@]12CC[C@H](O)C[C@@H]1CC[C@@H]1[C@@H]2CC[C@]2(C)C([n+]3ccccc3)=CC[C@@H]12. The summed E-state index contributed by atoms with van der Waals surface area (Å²) in [4.78, 5) is 0. The lowest BCUT2D eigenvalue weighted by Crippen LogP contribution is -2.54. The molecule has 2 heteroatoms. The molecule has 7 atom stereocenters. The van der Waals surface area contributed by atoms with Gasteiger partial charge in [0.2, 0.25) is 0 Å². The molecule has 3 fully saturated rings. The Balaban J connectivity index is 1.44. The zero-order valence-corrected chi connectivity index (χ0v) is 16.4. The normalized spacial score (nSPS) is 47.5. The Kier molecular flexibility index (Phi) is 3.87. The third-order valence-corrected chi connectivity index (χ3v) is 9.17. The predicted molar refractivity (Wildman–Crippen MR) is 104 cm³/mol. The lowest BCUT2D eigenvalue weighted by Gasteiger charge is -2.60. The summed E-state index contributed by atoms with van der Waals surface area (Å²) in [5.74, 6) is 3.33. The number of aliphatic hydroxyl groups is 1.